The fourth-order valence-electron chi connectivity index (χ4n) is 5.18. The molecule has 0 radical (unpaired) electrons. The molecule has 49 heavy (non-hydrogen) atoms. The molecule has 0 N–H and O–H groups in total. The van der Waals surface area contributed by atoms with E-state index in [1.807, 2.05) is 36.4 Å². The minimum Gasteiger partial charge on any atom is -0.0623 e. The number of hydrogen-bond donors (Lipinski definition) is 0. The van der Waals surface area contributed by atoms with Gasteiger partial charge in [0.1, 0.15) is 0 Å². The Morgan fingerprint density at radius 2 is 0.592 bits per heavy atom. The van der Waals surface area contributed by atoms with E-state index in [4.69, 9.17) is 29.8 Å². The predicted molar refractivity (Wildman–Crippen MR) is 186 cm³/mol. The van der Waals surface area contributed by atoms with Crippen molar-refractivity contribution >= 4 is 5.69 Å². The van der Waals surface area contributed by atoms with Gasteiger partial charge in [-0.15, -0.1) is 0 Å². The Bertz CT molecular complexity index is 1430. The van der Waals surface area contributed by atoms with Gasteiger partial charge in [-0.3, -0.25) is 0 Å². The summed E-state index contributed by atoms with van der Waals surface area (Å²) in [7, 11) is 0. The van der Waals surface area contributed by atoms with Crippen molar-refractivity contribution in [2.75, 3.05) is 0 Å². The molecule has 4 aromatic carbocycles. The number of para-hydroxylation sites is 1. The molecule has 0 bridgehead atoms. The zero-order valence-corrected chi connectivity index (χ0v) is 30.6. The molecule has 0 saturated carbocycles. The van der Waals surface area contributed by atoms with E-state index in [1.165, 1.54) is 33.4 Å². The van der Waals surface area contributed by atoms with E-state index < -0.39 is 0 Å². The largest absolute Gasteiger partial charge is 0.0623 e. The van der Waals surface area contributed by atoms with Crippen LogP contribution in [0.4, 0.5) is 5.69 Å². The quantitative estimate of drug-likeness (QED) is 0.142. The molecule has 0 aromatic heterocycles. The molecular formula is C42H43CrNO5. The van der Waals surface area contributed by atoms with Crippen molar-refractivity contribution in [1.29, 1.82) is 0 Å². The van der Waals surface area contributed by atoms with Crippen molar-refractivity contribution < 1.29 is 40.6 Å². The molecule has 0 aliphatic carbocycles. The monoisotopic (exact) mass is 693 g/mol. The Balaban J connectivity index is -0.000000505. The third-order valence-electron chi connectivity index (χ3n) is 7.10. The van der Waals surface area contributed by atoms with Crippen LogP contribution in [0.15, 0.2) is 91.0 Å². The summed E-state index contributed by atoms with van der Waals surface area (Å²) in [5, 5.41) is 0. The molecule has 0 aliphatic heterocycles. The summed E-state index contributed by atoms with van der Waals surface area (Å²) in [6, 6.07) is 31.7. The molecule has 0 aliphatic rings. The minimum absolute atomic E-state index is 0. The topological polar surface area (TPSA) is 104 Å². The minimum atomic E-state index is 0. The average molecular weight is 694 g/mol. The normalized spacial score (nSPS) is 8.76. The van der Waals surface area contributed by atoms with E-state index >= 15 is 0 Å². The summed E-state index contributed by atoms with van der Waals surface area (Å²) in [6.07, 6.45) is 0. The molecule has 7 heteroatoms. The first-order valence-electron chi connectivity index (χ1n) is 15.0. The maximum absolute atomic E-state index is 8.26. The second-order valence-corrected chi connectivity index (χ2v) is 11.2. The molecule has 0 saturated heterocycles. The Kier molecular flexibility index (Phi) is 32.4. The molecule has 0 atom stereocenters. The molecule has 4 aromatic rings. The molecule has 0 amide bonds. The van der Waals surface area contributed by atoms with Crippen molar-refractivity contribution in [3.8, 4) is 22.3 Å². The van der Waals surface area contributed by atoms with Crippen molar-refractivity contribution in [2.24, 2.45) is 0 Å². The second kappa shape index (κ2) is 30.9. The van der Waals surface area contributed by atoms with Gasteiger partial charge in [0.05, 0.1) is 6.57 Å². The van der Waals surface area contributed by atoms with Crippen LogP contribution >= 0.6 is 0 Å². The van der Waals surface area contributed by atoms with E-state index in [1.54, 1.807) is 0 Å². The van der Waals surface area contributed by atoms with Crippen molar-refractivity contribution in [3.63, 3.8) is 0 Å². The van der Waals surface area contributed by atoms with Gasteiger partial charge >= 0.3 is 56.5 Å². The Hall–Kier alpha value is -4.40. The van der Waals surface area contributed by atoms with Gasteiger partial charge in [0, 0.05) is 17.4 Å². The van der Waals surface area contributed by atoms with Crippen LogP contribution in [0.3, 0.4) is 0 Å². The Labute approximate surface area is 304 Å². The summed E-state index contributed by atoms with van der Waals surface area (Å²) in [6.45, 7) is 48.7. The predicted octanol–water partition coefficient (Wildman–Crippen LogP) is 11.6. The number of nitrogens with zero attached hydrogens (tertiary/aromatic N) is 1. The van der Waals surface area contributed by atoms with Gasteiger partial charge in [0.25, 0.3) is 0 Å². The van der Waals surface area contributed by atoms with Crippen LogP contribution in [-0.4, -0.2) is 0 Å². The van der Waals surface area contributed by atoms with Gasteiger partial charge in [-0.25, -0.2) is 4.85 Å². The van der Waals surface area contributed by atoms with Crippen LogP contribution in [-0.2, 0) is 40.6 Å². The maximum Gasteiger partial charge on any atom is 0 e. The molecule has 0 heterocycles. The number of hydrogen-bond acceptors (Lipinski definition) is 0. The van der Waals surface area contributed by atoms with E-state index in [0.717, 1.165) is 16.8 Å². The summed E-state index contributed by atoms with van der Waals surface area (Å²) in [5.74, 6) is 1.56. The van der Waals surface area contributed by atoms with Crippen LogP contribution in [0, 0.1) is 39.8 Å². The van der Waals surface area contributed by atoms with Crippen LogP contribution in [0.2, 0.25) is 0 Å². The van der Waals surface area contributed by atoms with Gasteiger partial charge in [-0.2, -0.15) is 0 Å². The standard InChI is InChI=1S/C31H37N.C6H6.5CO.Cr/c1-19(2)23-13-10-14-24(20(3)4)29(23)27-17-12-18-28(31(27)32-9)30-25(21(5)6)15-11-16-26(30)22(7)8;1-2-4-6-5-3-1;5*1-2;/h10-22H,1-8H3;1-6H;;;;;;. The van der Waals surface area contributed by atoms with E-state index in [0.29, 0.717) is 23.7 Å². The van der Waals surface area contributed by atoms with Crippen LogP contribution < -0.4 is 0 Å². The summed E-state index contributed by atoms with van der Waals surface area (Å²) in [5.41, 5.74) is 10.7. The first-order chi connectivity index (χ1) is 23.2. The maximum atomic E-state index is 8.26. The van der Waals surface area contributed by atoms with Crippen molar-refractivity contribution in [3.05, 3.63) is 158 Å². The van der Waals surface area contributed by atoms with E-state index in [2.05, 4.69) is 148 Å². The van der Waals surface area contributed by atoms with Gasteiger partial charge in [0.15, 0.2) is 0 Å². The van der Waals surface area contributed by atoms with Gasteiger partial charge in [-0.05, 0) is 68.2 Å². The summed E-state index contributed by atoms with van der Waals surface area (Å²) in [4.78, 5) is 4.18. The Morgan fingerprint density at radius 1 is 0.388 bits per heavy atom. The molecule has 4 rings (SSSR count). The third kappa shape index (κ3) is 15.6. The van der Waals surface area contributed by atoms with Gasteiger partial charge in [0.2, 0.25) is 5.69 Å². The first-order valence-corrected chi connectivity index (χ1v) is 15.0. The SMILES string of the molecule is [C-]#[N+]c1c(-c2c(C(C)C)cccc2C(C)C)cccc1-c1c(C(C)C)cccc1C(C)C.[C-]#[O+].[C-]#[O+].[C-]#[O+].[C-]#[O+].[C-]#[O+].[Cr].c1ccccc1. The molecule has 6 nitrogen and oxygen atoms in total. The van der Waals surface area contributed by atoms with Gasteiger partial charge in [-0.1, -0.05) is 146 Å². The smallest absolute Gasteiger partial charge is 0 e. The molecule has 0 unspecified atom stereocenters. The number of rotatable bonds is 6. The zero-order valence-electron chi connectivity index (χ0n) is 29.4. The molecular weight excluding hydrogens is 650 g/mol. The van der Waals surface area contributed by atoms with Crippen molar-refractivity contribution in [2.45, 2.75) is 79.1 Å². The molecule has 0 spiro atoms. The fraction of sp³-hybridized carbons (Fsp3) is 0.286. The summed E-state index contributed by atoms with van der Waals surface area (Å²) >= 11 is 0. The number of benzene rings is 4. The molecule has 0 fully saturated rings. The van der Waals surface area contributed by atoms with Gasteiger partial charge < -0.3 is 0 Å². The average Bonchev–Trinajstić information content (AvgIpc) is 3.15. The first kappa shape index (κ1) is 51.4. The van der Waals surface area contributed by atoms with Crippen molar-refractivity contribution in [1.82, 2.24) is 0 Å². The van der Waals surface area contributed by atoms with Crippen LogP contribution in [0.25, 0.3) is 27.1 Å². The summed E-state index contributed by atoms with van der Waals surface area (Å²) < 4.78 is 37.5. The fourth-order valence-corrected chi connectivity index (χ4v) is 5.18. The zero-order chi connectivity index (χ0) is 37.8. The second-order valence-electron chi connectivity index (χ2n) is 11.2. The van der Waals surface area contributed by atoms with Crippen LogP contribution in [0.1, 0.15) is 101 Å². The van der Waals surface area contributed by atoms with Crippen LogP contribution in [0.5, 0.6) is 0 Å². The van der Waals surface area contributed by atoms with E-state index in [-0.39, 0.29) is 17.4 Å². The molecule has 252 valence electrons. The Morgan fingerprint density at radius 3 is 0.776 bits per heavy atom. The third-order valence-corrected chi connectivity index (χ3v) is 7.10. The van der Waals surface area contributed by atoms with E-state index in [9.17, 15) is 0 Å².